The molecule has 3 fully saturated rings. The van der Waals surface area contributed by atoms with Gasteiger partial charge in [-0.2, -0.15) is 0 Å². The van der Waals surface area contributed by atoms with Crippen molar-refractivity contribution in [1.82, 2.24) is 19.4 Å². The highest BCUT2D eigenvalue weighted by Crippen LogP contribution is 2.38. The van der Waals surface area contributed by atoms with Crippen molar-refractivity contribution in [2.24, 2.45) is 11.8 Å². The number of carbonyl (C=O) groups excluding carboxylic acids is 2. The zero-order valence-corrected chi connectivity index (χ0v) is 19.4. The lowest BCUT2D eigenvalue weighted by Gasteiger charge is -2.52. The van der Waals surface area contributed by atoms with E-state index in [1.807, 2.05) is 4.90 Å². The second kappa shape index (κ2) is 8.35. The molecule has 176 valence electrons. The third-order valence-corrected chi connectivity index (χ3v) is 7.48. The van der Waals surface area contributed by atoms with Gasteiger partial charge in [0, 0.05) is 38.2 Å². The SMILES string of the molecule is COc1cc2nc(C)n(CC(=O)N3C[C@H]4C[C@@H](C3)C3CCCC(=O)N3C4)c(=O)c2cc1OC. The van der Waals surface area contributed by atoms with E-state index in [4.69, 9.17) is 9.47 Å². The Bertz CT molecular complexity index is 1180. The van der Waals surface area contributed by atoms with Gasteiger partial charge in [0.05, 0.1) is 25.1 Å². The number of ether oxygens (including phenoxy) is 2. The van der Waals surface area contributed by atoms with E-state index in [1.165, 1.54) is 18.8 Å². The molecule has 1 aromatic carbocycles. The van der Waals surface area contributed by atoms with Gasteiger partial charge in [-0.3, -0.25) is 19.0 Å². The molecule has 4 heterocycles. The molecule has 0 radical (unpaired) electrons. The Kier molecular flexibility index (Phi) is 5.50. The van der Waals surface area contributed by atoms with Crippen molar-refractivity contribution in [3.8, 4) is 11.5 Å². The Hall–Kier alpha value is -3.10. The fraction of sp³-hybridized carbons (Fsp3) is 0.583. The summed E-state index contributed by atoms with van der Waals surface area (Å²) in [5, 5.41) is 0.387. The third-order valence-electron chi connectivity index (χ3n) is 7.48. The summed E-state index contributed by atoms with van der Waals surface area (Å²) in [5.74, 6) is 2.23. The van der Waals surface area contributed by atoms with Gasteiger partial charge < -0.3 is 19.3 Å². The van der Waals surface area contributed by atoms with Crippen LogP contribution in [0.5, 0.6) is 11.5 Å². The lowest BCUT2D eigenvalue weighted by molar-refractivity contribution is -0.149. The first-order valence-electron chi connectivity index (χ1n) is 11.6. The second-order valence-electron chi connectivity index (χ2n) is 9.44. The van der Waals surface area contributed by atoms with Gasteiger partial charge in [0.25, 0.3) is 5.56 Å². The van der Waals surface area contributed by atoms with Crippen molar-refractivity contribution in [2.45, 2.75) is 45.2 Å². The molecule has 9 nitrogen and oxygen atoms in total. The summed E-state index contributed by atoms with van der Waals surface area (Å²) < 4.78 is 12.1. The van der Waals surface area contributed by atoms with Crippen LogP contribution in [0.1, 0.15) is 31.5 Å². The van der Waals surface area contributed by atoms with E-state index >= 15 is 0 Å². The van der Waals surface area contributed by atoms with E-state index < -0.39 is 0 Å². The smallest absolute Gasteiger partial charge is 0.262 e. The summed E-state index contributed by atoms with van der Waals surface area (Å²) in [6.07, 6.45) is 3.66. The number of benzene rings is 1. The Morgan fingerprint density at radius 3 is 2.64 bits per heavy atom. The largest absolute Gasteiger partial charge is 0.493 e. The number of likely N-dealkylation sites (tertiary alicyclic amines) is 1. The molecule has 2 aromatic rings. The van der Waals surface area contributed by atoms with E-state index in [1.54, 1.807) is 19.1 Å². The average Bonchev–Trinajstić information content (AvgIpc) is 2.81. The van der Waals surface area contributed by atoms with Crippen LogP contribution in [0.15, 0.2) is 16.9 Å². The predicted molar refractivity (Wildman–Crippen MR) is 121 cm³/mol. The highest BCUT2D eigenvalue weighted by atomic mass is 16.5. The molecule has 1 unspecified atom stereocenters. The van der Waals surface area contributed by atoms with Crippen molar-refractivity contribution in [3.05, 3.63) is 28.3 Å². The Morgan fingerprint density at radius 2 is 1.88 bits per heavy atom. The third kappa shape index (κ3) is 3.73. The maximum atomic E-state index is 13.3. The number of carbonyl (C=O) groups is 2. The summed E-state index contributed by atoms with van der Waals surface area (Å²) in [6.45, 7) is 3.70. The molecule has 9 heteroatoms. The summed E-state index contributed by atoms with van der Waals surface area (Å²) in [7, 11) is 3.05. The molecule has 0 aliphatic carbocycles. The van der Waals surface area contributed by atoms with Crippen LogP contribution in [0, 0.1) is 18.8 Å². The number of methoxy groups -OCH3 is 2. The monoisotopic (exact) mass is 454 g/mol. The highest BCUT2D eigenvalue weighted by Gasteiger charge is 2.44. The summed E-state index contributed by atoms with van der Waals surface area (Å²) >= 11 is 0. The summed E-state index contributed by atoms with van der Waals surface area (Å²) in [6, 6.07) is 3.54. The number of amides is 2. The van der Waals surface area contributed by atoms with Gasteiger partial charge in [-0.15, -0.1) is 0 Å². The minimum atomic E-state index is -0.270. The highest BCUT2D eigenvalue weighted by molar-refractivity contribution is 5.83. The minimum absolute atomic E-state index is 0.0469. The molecule has 2 amide bonds. The number of aryl methyl sites for hydroxylation is 1. The second-order valence-corrected chi connectivity index (χ2v) is 9.44. The van der Waals surface area contributed by atoms with Crippen LogP contribution in [-0.4, -0.2) is 71.1 Å². The number of hydrogen-bond acceptors (Lipinski definition) is 6. The molecule has 3 aliphatic rings. The van der Waals surface area contributed by atoms with E-state index in [-0.39, 0.29) is 30.0 Å². The Morgan fingerprint density at radius 1 is 1.12 bits per heavy atom. The number of rotatable bonds is 4. The van der Waals surface area contributed by atoms with Crippen molar-refractivity contribution < 1.29 is 19.1 Å². The van der Waals surface area contributed by atoms with Gasteiger partial charge in [-0.25, -0.2) is 4.98 Å². The summed E-state index contributed by atoms with van der Waals surface area (Å²) in [4.78, 5) is 47.4. The zero-order chi connectivity index (χ0) is 23.3. The van der Waals surface area contributed by atoms with E-state index in [0.29, 0.717) is 59.6 Å². The number of aromatic nitrogens is 2. The molecular weight excluding hydrogens is 424 g/mol. The minimum Gasteiger partial charge on any atom is -0.493 e. The fourth-order valence-corrected chi connectivity index (χ4v) is 5.89. The Labute approximate surface area is 192 Å². The number of hydrogen-bond donors (Lipinski definition) is 0. The molecule has 5 rings (SSSR count). The maximum absolute atomic E-state index is 13.3. The van der Waals surface area contributed by atoms with Crippen LogP contribution in [0.4, 0.5) is 0 Å². The molecule has 0 N–H and O–H groups in total. The average molecular weight is 455 g/mol. The topological polar surface area (TPSA) is 94.0 Å². The molecule has 33 heavy (non-hydrogen) atoms. The lowest BCUT2D eigenvalue weighted by atomic mass is 9.76. The van der Waals surface area contributed by atoms with Crippen molar-refractivity contribution in [2.75, 3.05) is 33.9 Å². The Balaban J connectivity index is 1.39. The van der Waals surface area contributed by atoms with Gasteiger partial charge in [-0.1, -0.05) is 0 Å². The van der Waals surface area contributed by atoms with E-state index in [2.05, 4.69) is 9.88 Å². The summed E-state index contributed by atoms with van der Waals surface area (Å²) in [5.41, 5.74) is 0.237. The maximum Gasteiger partial charge on any atom is 0.262 e. The van der Waals surface area contributed by atoms with Crippen molar-refractivity contribution in [1.29, 1.82) is 0 Å². The predicted octanol–water partition coefficient (Wildman–Crippen LogP) is 1.58. The van der Waals surface area contributed by atoms with Crippen LogP contribution in [-0.2, 0) is 16.1 Å². The first kappa shape index (κ1) is 21.7. The van der Waals surface area contributed by atoms with Crippen molar-refractivity contribution >= 4 is 22.7 Å². The van der Waals surface area contributed by atoms with Gasteiger partial charge in [0.15, 0.2) is 11.5 Å². The molecule has 0 saturated carbocycles. The standard InChI is InChI=1S/C24H30N4O5/c1-14-25-18-9-21(33-3)20(32-2)8-17(18)24(31)27(14)13-23(30)26-10-15-7-16(12-26)19-5-4-6-22(29)28(19)11-15/h8-9,15-16,19H,4-7,10-13H2,1-3H3/t15-,16+,19?/m1/s1. The zero-order valence-electron chi connectivity index (χ0n) is 19.4. The number of fused-ring (bicyclic) bond motifs is 5. The van der Waals surface area contributed by atoms with Gasteiger partial charge in [-0.05, 0) is 44.1 Å². The van der Waals surface area contributed by atoms with Crippen LogP contribution in [0.3, 0.4) is 0 Å². The first-order chi connectivity index (χ1) is 15.9. The van der Waals surface area contributed by atoms with Crippen LogP contribution >= 0.6 is 0 Å². The molecule has 1 aromatic heterocycles. The number of piperidine rings is 3. The first-order valence-corrected chi connectivity index (χ1v) is 11.6. The number of nitrogens with zero attached hydrogens (tertiary/aromatic N) is 4. The molecule has 3 atom stereocenters. The molecular formula is C24H30N4O5. The quantitative estimate of drug-likeness (QED) is 0.696. The fourth-order valence-electron chi connectivity index (χ4n) is 5.89. The van der Waals surface area contributed by atoms with Gasteiger partial charge >= 0.3 is 0 Å². The van der Waals surface area contributed by atoms with E-state index in [9.17, 15) is 14.4 Å². The lowest BCUT2D eigenvalue weighted by Crippen LogP contribution is -2.61. The normalized spacial score (nSPS) is 24.6. The van der Waals surface area contributed by atoms with Crippen LogP contribution < -0.4 is 15.0 Å². The van der Waals surface area contributed by atoms with Crippen molar-refractivity contribution in [3.63, 3.8) is 0 Å². The van der Waals surface area contributed by atoms with Gasteiger partial charge in [0.2, 0.25) is 11.8 Å². The molecule has 2 bridgehead atoms. The molecule has 0 spiro atoms. The van der Waals surface area contributed by atoms with E-state index in [0.717, 1.165) is 25.8 Å². The van der Waals surface area contributed by atoms with Crippen LogP contribution in [0.2, 0.25) is 0 Å². The van der Waals surface area contributed by atoms with Gasteiger partial charge in [0.1, 0.15) is 12.4 Å². The molecule has 3 saturated heterocycles. The van der Waals surface area contributed by atoms with Crippen LogP contribution in [0.25, 0.3) is 10.9 Å². The molecule has 3 aliphatic heterocycles.